The van der Waals surface area contributed by atoms with Crippen LogP contribution in [0.1, 0.15) is 20.8 Å². The first kappa shape index (κ1) is 28.4. The van der Waals surface area contributed by atoms with Gasteiger partial charge in [0, 0.05) is 37.8 Å². The Bertz CT molecular complexity index is 1080. The molecule has 1 amide bonds. The number of carbonyl (C=O) groups excluding carboxylic acids is 1. The fourth-order valence-electron chi connectivity index (χ4n) is 2.97. The monoisotopic (exact) mass is 502 g/mol. The fourth-order valence-corrected chi connectivity index (χ4v) is 3.92. The number of aliphatic hydroxyl groups is 1. The molecule has 0 aliphatic heterocycles. The van der Waals surface area contributed by atoms with Crippen LogP contribution in [0.3, 0.4) is 0 Å². The Morgan fingerprint density at radius 3 is 2.40 bits per heavy atom. The standard InChI is InChI=1S/C21H27N5O2S.C4H11NO/c1-13(2)23-18-10-16(12-22-20(18)28-9-8-26(4)5)15-6-7-17-19(11-15)29-21(25-17)24-14(3)27;1-5(2)3-4-6/h6-7,10-13,23H,8-9H2,1-5H3,(H,24,25,27);6H,3-4H2,1-2H3. The third kappa shape index (κ3) is 9.77. The molecule has 0 aliphatic rings. The Balaban J connectivity index is 0.000000641. The Labute approximate surface area is 212 Å². The number of amides is 1. The quantitative estimate of drug-likeness (QED) is 0.386. The van der Waals surface area contributed by atoms with E-state index in [2.05, 4.69) is 51.5 Å². The number of ether oxygens (including phenoxy) is 1. The van der Waals surface area contributed by atoms with Crippen molar-refractivity contribution in [2.45, 2.75) is 26.8 Å². The van der Waals surface area contributed by atoms with Crippen molar-refractivity contribution in [1.82, 2.24) is 19.8 Å². The summed E-state index contributed by atoms with van der Waals surface area (Å²) in [5.74, 6) is 0.485. The maximum atomic E-state index is 11.3. The largest absolute Gasteiger partial charge is 0.475 e. The third-order valence-electron chi connectivity index (χ3n) is 4.62. The molecule has 0 radical (unpaired) electrons. The Hall–Kier alpha value is -2.79. The van der Waals surface area contributed by atoms with Gasteiger partial charge in [0.15, 0.2) is 5.13 Å². The molecule has 0 fully saturated rings. The van der Waals surface area contributed by atoms with E-state index in [1.54, 1.807) is 0 Å². The molecule has 0 saturated carbocycles. The lowest BCUT2D eigenvalue weighted by atomic mass is 10.1. The van der Waals surface area contributed by atoms with E-state index in [0.29, 0.717) is 17.6 Å². The van der Waals surface area contributed by atoms with Gasteiger partial charge < -0.3 is 30.3 Å². The van der Waals surface area contributed by atoms with Crippen molar-refractivity contribution in [2.24, 2.45) is 0 Å². The van der Waals surface area contributed by atoms with Gasteiger partial charge in [-0.3, -0.25) is 4.79 Å². The van der Waals surface area contributed by atoms with Crippen LogP contribution in [0.4, 0.5) is 10.8 Å². The number of hydrogen-bond acceptors (Lipinski definition) is 9. The summed E-state index contributed by atoms with van der Waals surface area (Å²) < 4.78 is 6.90. The van der Waals surface area contributed by atoms with E-state index in [0.717, 1.165) is 40.1 Å². The highest BCUT2D eigenvalue weighted by Crippen LogP contribution is 2.33. The van der Waals surface area contributed by atoms with Gasteiger partial charge in [0.1, 0.15) is 6.61 Å². The summed E-state index contributed by atoms with van der Waals surface area (Å²) >= 11 is 1.46. The molecule has 2 aromatic heterocycles. The van der Waals surface area contributed by atoms with Crippen LogP contribution in [0.15, 0.2) is 30.5 Å². The van der Waals surface area contributed by atoms with Crippen molar-refractivity contribution >= 4 is 38.3 Å². The normalized spacial score (nSPS) is 11.1. The fraction of sp³-hybridized carbons (Fsp3) is 0.480. The number of likely N-dealkylation sites (N-methyl/N-ethyl adjacent to an activating group) is 2. The van der Waals surface area contributed by atoms with Crippen molar-refractivity contribution in [2.75, 3.05) is 65.1 Å². The average Bonchev–Trinajstić information content (AvgIpc) is 3.15. The zero-order valence-corrected chi connectivity index (χ0v) is 22.6. The second-order valence-corrected chi connectivity index (χ2v) is 9.97. The molecule has 3 rings (SSSR count). The van der Waals surface area contributed by atoms with Crippen LogP contribution >= 0.6 is 11.3 Å². The number of thiazole rings is 1. The van der Waals surface area contributed by atoms with Crippen LogP contribution in [-0.2, 0) is 4.79 Å². The van der Waals surface area contributed by atoms with E-state index in [1.807, 2.05) is 51.4 Å². The molecule has 0 saturated heterocycles. The molecule has 0 unspecified atom stereocenters. The summed E-state index contributed by atoms with van der Waals surface area (Å²) in [5, 5.41) is 15.0. The zero-order chi connectivity index (χ0) is 26.0. The number of aromatic nitrogens is 2. The minimum atomic E-state index is -0.122. The molecule has 0 spiro atoms. The van der Waals surface area contributed by atoms with Crippen molar-refractivity contribution in [1.29, 1.82) is 0 Å². The first-order valence-electron chi connectivity index (χ1n) is 11.6. The second-order valence-electron chi connectivity index (χ2n) is 8.94. The predicted molar refractivity (Wildman–Crippen MR) is 146 cm³/mol. The van der Waals surface area contributed by atoms with Crippen molar-refractivity contribution < 1.29 is 14.6 Å². The van der Waals surface area contributed by atoms with Gasteiger partial charge in [-0.2, -0.15) is 0 Å². The summed E-state index contributed by atoms with van der Waals surface area (Å²) in [6, 6.07) is 8.37. The molecule has 0 aliphatic carbocycles. The first-order valence-corrected chi connectivity index (χ1v) is 12.4. The molecule has 2 heterocycles. The summed E-state index contributed by atoms with van der Waals surface area (Å²) in [5.41, 5.74) is 3.76. The van der Waals surface area contributed by atoms with Gasteiger partial charge in [0.25, 0.3) is 0 Å². The van der Waals surface area contributed by atoms with Gasteiger partial charge in [-0.1, -0.05) is 17.4 Å². The molecule has 192 valence electrons. The van der Waals surface area contributed by atoms with Gasteiger partial charge in [0.2, 0.25) is 11.8 Å². The van der Waals surface area contributed by atoms with Crippen LogP contribution in [0, 0.1) is 0 Å². The Kier molecular flexibility index (Phi) is 11.3. The highest BCUT2D eigenvalue weighted by atomic mass is 32.1. The van der Waals surface area contributed by atoms with E-state index in [4.69, 9.17) is 9.84 Å². The lowest BCUT2D eigenvalue weighted by Gasteiger charge is -2.17. The summed E-state index contributed by atoms with van der Waals surface area (Å²) in [6.07, 6.45) is 1.83. The van der Waals surface area contributed by atoms with Gasteiger partial charge in [-0.15, -0.1) is 0 Å². The molecule has 0 bridgehead atoms. The van der Waals surface area contributed by atoms with Crippen molar-refractivity contribution in [3.05, 3.63) is 30.5 Å². The third-order valence-corrected chi connectivity index (χ3v) is 5.56. The molecular weight excluding hydrogens is 464 g/mol. The van der Waals surface area contributed by atoms with Crippen LogP contribution in [-0.4, -0.2) is 91.3 Å². The van der Waals surface area contributed by atoms with Gasteiger partial charge in [0.05, 0.1) is 22.5 Å². The lowest BCUT2D eigenvalue weighted by molar-refractivity contribution is -0.114. The van der Waals surface area contributed by atoms with Gasteiger partial charge >= 0.3 is 0 Å². The second kappa shape index (κ2) is 13.9. The van der Waals surface area contributed by atoms with Crippen LogP contribution < -0.4 is 15.4 Å². The maximum absolute atomic E-state index is 11.3. The number of fused-ring (bicyclic) bond motifs is 1. The van der Waals surface area contributed by atoms with Gasteiger partial charge in [-0.25, -0.2) is 9.97 Å². The van der Waals surface area contributed by atoms with Crippen molar-refractivity contribution in [3.8, 4) is 17.0 Å². The predicted octanol–water partition coefficient (Wildman–Crippen LogP) is 3.62. The van der Waals surface area contributed by atoms with E-state index >= 15 is 0 Å². The Morgan fingerprint density at radius 2 is 1.83 bits per heavy atom. The van der Waals surface area contributed by atoms with Crippen molar-refractivity contribution in [3.63, 3.8) is 0 Å². The molecule has 1 aromatic carbocycles. The molecule has 3 aromatic rings. The molecule has 9 nitrogen and oxygen atoms in total. The first-order chi connectivity index (χ1) is 16.6. The minimum Gasteiger partial charge on any atom is -0.475 e. The highest BCUT2D eigenvalue weighted by Gasteiger charge is 2.12. The summed E-state index contributed by atoms with van der Waals surface area (Å²) in [6.45, 7) is 8.07. The summed E-state index contributed by atoms with van der Waals surface area (Å²) in [4.78, 5) is 24.3. The lowest BCUT2D eigenvalue weighted by Crippen LogP contribution is -2.20. The topological polar surface area (TPSA) is 103 Å². The number of hydrogen-bond donors (Lipinski definition) is 3. The van der Waals surface area contributed by atoms with E-state index in [-0.39, 0.29) is 18.6 Å². The molecule has 0 atom stereocenters. The SMILES string of the molecule is CC(=O)Nc1nc2ccc(-c3cnc(OCCN(C)C)c(NC(C)C)c3)cc2s1.CN(C)CCO. The average molecular weight is 503 g/mol. The summed E-state index contributed by atoms with van der Waals surface area (Å²) in [7, 11) is 7.88. The van der Waals surface area contributed by atoms with Crippen LogP contribution in [0.25, 0.3) is 21.3 Å². The highest BCUT2D eigenvalue weighted by molar-refractivity contribution is 7.22. The molecule has 3 N–H and O–H groups in total. The number of benzene rings is 1. The number of aliphatic hydroxyl groups excluding tert-OH is 1. The maximum Gasteiger partial charge on any atom is 0.237 e. The number of nitrogens with one attached hydrogen (secondary N) is 2. The van der Waals surface area contributed by atoms with Crippen LogP contribution in [0.5, 0.6) is 5.88 Å². The number of rotatable bonds is 10. The Morgan fingerprint density at radius 1 is 1.11 bits per heavy atom. The number of pyridine rings is 1. The van der Waals surface area contributed by atoms with E-state index < -0.39 is 0 Å². The van der Waals surface area contributed by atoms with E-state index in [9.17, 15) is 4.79 Å². The number of nitrogens with zero attached hydrogens (tertiary/aromatic N) is 4. The molecule has 10 heteroatoms. The molecular formula is C25H38N6O3S. The molecule has 35 heavy (non-hydrogen) atoms. The smallest absolute Gasteiger partial charge is 0.237 e. The number of carbonyl (C=O) groups is 1. The zero-order valence-electron chi connectivity index (χ0n) is 21.8. The van der Waals surface area contributed by atoms with Gasteiger partial charge in [-0.05, 0) is 65.8 Å². The van der Waals surface area contributed by atoms with Crippen LogP contribution in [0.2, 0.25) is 0 Å². The minimum absolute atomic E-state index is 0.122. The van der Waals surface area contributed by atoms with E-state index in [1.165, 1.54) is 18.3 Å². The number of anilines is 2.